The first kappa shape index (κ1) is 13.8. The summed E-state index contributed by atoms with van der Waals surface area (Å²) in [5, 5.41) is 0. The third-order valence-corrected chi connectivity index (χ3v) is 3.00. The monoisotopic (exact) mass is 233 g/mol. The summed E-state index contributed by atoms with van der Waals surface area (Å²) in [6, 6.07) is 10.7. The number of unbranched alkanes of at least 4 members (excludes halogenated alkanes) is 4. The van der Waals surface area contributed by atoms with Crippen molar-refractivity contribution in [1.29, 1.82) is 0 Å². The van der Waals surface area contributed by atoms with Gasteiger partial charge in [-0.15, -0.1) is 0 Å². The summed E-state index contributed by atoms with van der Waals surface area (Å²) < 4.78 is 0. The summed E-state index contributed by atoms with van der Waals surface area (Å²) in [5.74, 6) is 0. The van der Waals surface area contributed by atoms with Crippen LogP contribution in [-0.4, -0.2) is 24.9 Å². The lowest BCUT2D eigenvalue weighted by molar-refractivity contribution is -0.117. The Kier molecular flexibility index (Phi) is 7.12. The Bertz CT molecular complexity index is 297. The summed E-state index contributed by atoms with van der Waals surface area (Å²) in [4.78, 5) is 12.1. The third kappa shape index (κ3) is 6.77. The van der Waals surface area contributed by atoms with Crippen LogP contribution >= 0.6 is 0 Å². The maximum Gasteiger partial charge on any atom is 0.209 e. The standard InChI is InChI=1S/C15H23NO/c1-16(14-17)13-9-4-2-3-6-10-15-11-7-5-8-12-15/h5,7-8,11-12,14H,2-4,6,9-10,13H2,1H3. The first-order valence-electron chi connectivity index (χ1n) is 6.52. The number of rotatable bonds is 9. The van der Waals surface area contributed by atoms with Crippen LogP contribution in [0, 0.1) is 0 Å². The quantitative estimate of drug-likeness (QED) is 0.473. The molecule has 0 N–H and O–H groups in total. The summed E-state index contributed by atoms with van der Waals surface area (Å²) in [7, 11) is 1.84. The van der Waals surface area contributed by atoms with E-state index < -0.39 is 0 Å². The van der Waals surface area contributed by atoms with Gasteiger partial charge in [-0.2, -0.15) is 0 Å². The number of carbonyl (C=O) groups excluding carboxylic acids is 1. The van der Waals surface area contributed by atoms with Crippen LogP contribution in [0.25, 0.3) is 0 Å². The van der Waals surface area contributed by atoms with Gasteiger partial charge in [0, 0.05) is 13.6 Å². The summed E-state index contributed by atoms with van der Waals surface area (Å²) in [6.07, 6.45) is 8.28. The molecule has 0 saturated heterocycles. The molecule has 0 bridgehead atoms. The molecule has 2 nitrogen and oxygen atoms in total. The lowest BCUT2D eigenvalue weighted by Gasteiger charge is -2.09. The SMILES string of the molecule is CN(C=O)CCCCCCCc1ccccc1. The highest BCUT2D eigenvalue weighted by Crippen LogP contribution is 2.08. The highest BCUT2D eigenvalue weighted by molar-refractivity contribution is 5.46. The second-order valence-corrected chi connectivity index (χ2v) is 4.59. The van der Waals surface area contributed by atoms with Crippen molar-refractivity contribution in [3.63, 3.8) is 0 Å². The minimum atomic E-state index is 0.891. The van der Waals surface area contributed by atoms with E-state index in [1.807, 2.05) is 7.05 Å². The molecule has 17 heavy (non-hydrogen) atoms. The Morgan fingerprint density at radius 3 is 2.35 bits per heavy atom. The molecule has 0 atom stereocenters. The van der Waals surface area contributed by atoms with Gasteiger partial charge in [0.2, 0.25) is 6.41 Å². The van der Waals surface area contributed by atoms with Gasteiger partial charge in [-0.3, -0.25) is 4.79 Å². The number of amides is 1. The Labute approximate surface area is 105 Å². The fraction of sp³-hybridized carbons (Fsp3) is 0.533. The van der Waals surface area contributed by atoms with E-state index in [-0.39, 0.29) is 0 Å². The summed E-state index contributed by atoms with van der Waals surface area (Å²) in [5.41, 5.74) is 1.44. The van der Waals surface area contributed by atoms with Crippen molar-refractivity contribution in [1.82, 2.24) is 4.90 Å². The normalized spacial score (nSPS) is 10.2. The average Bonchev–Trinajstić information content (AvgIpc) is 2.38. The van der Waals surface area contributed by atoms with E-state index >= 15 is 0 Å². The van der Waals surface area contributed by atoms with Crippen molar-refractivity contribution in [3.8, 4) is 0 Å². The van der Waals surface area contributed by atoms with Crippen molar-refractivity contribution >= 4 is 6.41 Å². The highest BCUT2D eigenvalue weighted by Gasteiger charge is 1.95. The molecule has 2 heteroatoms. The minimum absolute atomic E-state index is 0.891. The number of carbonyl (C=O) groups is 1. The van der Waals surface area contributed by atoms with E-state index in [0.29, 0.717) is 0 Å². The Balaban J connectivity index is 1.93. The average molecular weight is 233 g/mol. The second kappa shape index (κ2) is 8.80. The molecule has 0 radical (unpaired) electrons. The van der Waals surface area contributed by atoms with E-state index in [2.05, 4.69) is 30.3 Å². The van der Waals surface area contributed by atoms with Crippen LogP contribution in [0.4, 0.5) is 0 Å². The van der Waals surface area contributed by atoms with E-state index in [1.54, 1.807) is 4.90 Å². The third-order valence-electron chi connectivity index (χ3n) is 3.00. The van der Waals surface area contributed by atoms with Gasteiger partial charge in [0.05, 0.1) is 0 Å². The first-order chi connectivity index (χ1) is 8.33. The zero-order valence-electron chi connectivity index (χ0n) is 10.8. The molecule has 0 aliphatic heterocycles. The van der Waals surface area contributed by atoms with Crippen molar-refractivity contribution < 1.29 is 4.79 Å². The number of benzene rings is 1. The molecule has 0 aliphatic rings. The van der Waals surface area contributed by atoms with E-state index in [4.69, 9.17) is 0 Å². The van der Waals surface area contributed by atoms with E-state index in [0.717, 1.165) is 19.4 Å². The van der Waals surface area contributed by atoms with E-state index in [1.165, 1.54) is 37.7 Å². The van der Waals surface area contributed by atoms with Crippen molar-refractivity contribution in [2.24, 2.45) is 0 Å². The molecule has 1 rings (SSSR count). The largest absolute Gasteiger partial charge is 0.348 e. The first-order valence-corrected chi connectivity index (χ1v) is 6.52. The van der Waals surface area contributed by atoms with Crippen LogP contribution in [0.2, 0.25) is 0 Å². The molecule has 1 amide bonds. The van der Waals surface area contributed by atoms with Crippen LogP contribution in [0.3, 0.4) is 0 Å². The van der Waals surface area contributed by atoms with Gasteiger partial charge in [0.25, 0.3) is 0 Å². The zero-order valence-corrected chi connectivity index (χ0v) is 10.8. The fourth-order valence-corrected chi connectivity index (χ4v) is 1.92. The van der Waals surface area contributed by atoms with Gasteiger partial charge in [-0.1, -0.05) is 49.6 Å². The van der Waals surface area contributed by atoms with Crippen LogP contribution in [0.1, 0.15) is 37.7 Å². The Morgan fingerprint density at radius 1 is 1.00 bits per heavy atom. The number of aryl methyl sites for hydroxylation is 1. The van der Waals surface area contributed by atoms with Crippen LogP contribution in [0.5, 0.6) is 0 Å². The van der Waals surface area contributed by atoms with Crippen molar-refractivity contribution in [2.75, 3.05) is 13.6 Å². The smallest absolute Gasteiger partial charge is 0.209 e. The van der Waals surface area contributed by atoms with Crippen LogP contribution in [-0.2, 0) is 11.2 Å². The molecule has 0 fully saturated rings. The predicted octanol–water partition coefficient (Wildman–Crippen LogP) is 3.27. The predicted molar refractivity (Wildman–Crippen MR) is 71.9 cm³/mol. The fourth-order valence-electron chi connectivity index (χ4n) is 1.92. The molecule has 1 aromatic rings. The maximum absolute atomic E-state index is 10.4. The van der Waals surface area contributed by atoms with E-state index in [9.17, 15) is 4.79 Å². The Hall–Kier alpha value is -1.31. The van der Waals surface area contributed by atoms with Crippen LogP contribution < -0.4 is 0 Å². The zero-order chi connectivity index (χ0) is 12.3. The van der Waals surface area contributed by atoms with Gasteiger partial charge in [-0.25, -0.2) is 0 Å². The molecular weight excluding hydrogens is 210 g/mol. The molecular formula is C15H23NO. The van der Waals surface area contributed by atoms with Gasteiger partial charge in [0.1, 0.15) is 0 Å². The Morgan fingerprint density at radius 2 is 1.65 bits per heavy atom. The van der Waals surface area contributed by atoms with Gasteiger partial charge < -0.3 is 4.90 Å². The molecule has 0 aromatic heterocycles. The molecule has 0 saturated carbocycles. The topological polar surface area (TPSA) is 20.3 Å². The van der Waals surface area contributed by atoms with Gasteiger partial charge in [0.15, 0.2) is 0 Å². The molecule has 0 heterocycles. The maximum atomic E-state index is 10.4. The number of nitrogens with zero attached hydrogens (tertiary/aromatic N) is 1. The lowest BCUT2D eigenvalue weighted by Crippen LogP contribution is -2.16. The molecule has 0 unspecified atom stereocenters. The molecule has 0 spiro atoms. The summed E-state index contributed by atoms with van der Waals surface area (Å²) in [6.45, 7) is 0.891. The molecule has 94 valence electrons. The molecule has 0 aliphatic carbocycles. The van der Waals surface area contributed by atoms with Crippen molar-refractivity contribution in [3.05, 3.63) is 35.9 Å². The van der Waals surface area contributed by atoms with Gasteiger partial charge >= 0.3 is 0 Å². The highest BCUT2D eigenvalue weighted by atomic mass is 16.1. The van der Waals surface area contributed by atoms with Gasteiger partial charge in [-0.05, 0) is 24.8 Å². The second-order valence-electron chi connectivity index (χ2n) is 4.59. The van der Waals surface area contributed by atoms with Crippen molar-refractivity contribution in [2.45, 2.75) is 38.5 Å². The van der Waals surface area contributed by atoms with Crippen LogP contribution in [0.15, 0.2) is 30.3 Å². The summed E-state index contributed by atoms with van der Waals surface area (Å²) >= 11 is 0. The number of hydrogen-bond donors (Lipinski definition) is 0. The molecule has 1 aromatic carbocycles. The lowest BCUT2D eigenvalue weighted by atomic mass is 10.1. The minimum Gasteiger partial charge on any atom is -0.348 e. The number of hydrogen-bond acceptors (Lipinski definition) is 1.